The van der Waals surface area contributed by atoms with Gasteiger partial charge in [0.25, 0.3) is 5.91 Å². The third-order valence-electron chi connectivity index (χ3n) is 3.94. The van der Waals surface area contributed by atoms with Gasteiger partial charge < -0.3 is 5.32 Å². The van der Waals surface area contributed by atoms with Gasteiger partial charge in [0.15, 0.2) is 0 Å². The van der Waals surface area contributed by atoms with Crippen molar-refractivity contribution in [1.29, 1.82) is 0 Å². The summed E-state index contributed by atoms with van der Waals surface area (Å²) in [4.78, 5) is 16.8. The number of nitrogens with zero attached hydrogens (tertiary/aromatic N) is 3. The molecule has 0 radical (unpaired) electrons. The number of carbonyl (C=O) groups is 1. The summed E-state index contributed by atoms with van der Waals surface area (Å²) in [5, 5.41) is 7.35. The van der Waals surface area contributed by atoms with Crippen molar-refractivity contribution in [2.45, 2.75) is 27.3 Å². The number of amides is 1. The van der Waals surface area contributed by atoms with Gasteiger partial charge in [0.05, 0.1) is 22.4 Å². The Morgan fingerprint density at radius 3 is 2.60 bits per heavy atom. The van der Waals surface area contributed by atoms with Gasteiger partial charge in [0.2, 0.25) is 0 Å². The van der Waals surface area contributed by atoms with Gasteiger partial charge >= 0.3 is 0 Å². The zero-order valence-corrected chi connectivity index (χ0v) is 16.0. The van der Waals surface area contributed by atoms with Crippen LogP contribution in [0.25, 0.3) is 0 Å². The van der Waals surface area contributed by atoms with E-state index in [0.717, 1.165) is 27.1 Å². The van der Waals surface area contributed by atoms with E-state index in [1.807, 2.05) is 55.8 Å². The van der Waals surface area contributed by atoms with Crippen LogP contribution in [0.3, 0.4) is 0 Å². The Morgan fingerprint density at radius 1 is 1.16 bits per heavy atom. The third kappa shape index (κ3) is 3.96. The number of hydrogen-bond acceptors (Lipinski definition) is 3. The molecular weight excluding hydrogens is 380 g/mol. The summed E-state index contributed by atoms with van der Waals surface area (Å²) in [7, 11) is 0. The fourth-order valence-electron chi connectivity index (χ4n) is 2.61. The van der Waals surface area contributed by atoms with Gasteiger partial charge in [-0.15, -0.1) is 0 Å². The van der Waals surface area contributed by atoms with Gasteiger partial charge in [-0.25, -0.2) is 4.98 Å². The number of carbonyl (C=O) groups excluding carboxylic acids is 1. The average Bonchev–Trinajstić information content (AvgIpc) is 2.82. The maximum atomic E-state index is 12.5. The lowest BCUT2D eigenvalue weighted by molar-refractivity contribution is 0.102. The summed E-state index contributed by atoms with van der Waals surface area (Å²) < 4.78 is 2.95. The van der Waals surface area contributed by atoms with Gasteiger partial charge in [-0.05, 0) is 66.5 Å². The van der Waals surface area contributed by atoms with Crippen molar-refractivity contribution in [2.75, 3.05) is 5.32 Å². The van der Waals surface area contributed by atoms with Crippen LogP contribution >= 0.6 is 15.9 Å². The van der Waals surface area contributed by atoms with Gasteiger partial charge in [0.1, 0.15) is 5.82 Å². The molecule has 0 unspecified atom stereocenters. The second kappa shape index (κ2) is 7.19. The van der Waals surface area contributed by atoms with E-state index >= 15 is 0 Å². The molecule has 1 N–H and O–H groups in total. The van der Waals surface area contributed by atoms with Crippen LogP contribution in [0.5, 0.6) is 0 Å². The van der Waals surface area contributed by atoms with E-state index < -0.39 is 0 Å². The summed E-state index contributed by atoms with van der Waals surface area (Å²) in [6.45, 7) is 6.49. The predicted octanol–water partition coefficient (Wildman–Crippen LogP) is 4.27. The molecule has 128 valence electrons. The molecule has 0 fully saturated rings. The number of pyridine rings is 1. The Kier molecular flexibility index (Phi) is 4.99. The molecule has 0 saturated carbocycles. The highest BCUT2D eigenvalue weighted by atomic mass is 79.9. The number of aromatic nitrogens is 3. The van der Waals surface area contributed by atoms with Crippen molar-refractivity contribution in [3.8, 4) is 0 Å². The fourth-order valence-corrected chi connectivity index (χ4v) is 2.90. The molecular formula is C19H19BrN4O. The Labute approximate surface area is 155 Å². The first-order chi connectivity index (χ1) is 11.9. The molecule has 1 amide bonds. The lowest BCUT2D eigenvalue weighted by Gasteiger charge is -2.08. The highest BCUT2D eigenvalue weighted by Crippen LogP contribution is 2.21. The van der Waals surface area contributed by atoms with Crippen molar-refractivity contribution >= 4 is 27.7 Å². The number of nitrogens with one attached hydrogen (secondary N) is 1. The van der Waals surface area contributed by atoms with Crippen LogP contribution in [0.4, 0.5) is 5.82 Å². The second-order valence-electron chi connectivity index (χ2n) is 5.96. The van der Waals surface area contributed by atoms with Gasteiger partial charge in [-0.1, -0.05) is 18.2 Å². The number of aryl methyl sites for hydroxylation is 2. The maximum Gasteiger partial charge on any atom is 0.256 e. The molecule has 0 saturated heterocycles. The quantitative estimate of drug-likeness (QED) is 0.713. The molecule has 0 aliphatic carbocycles. The van der Waals surface area contributed by atoms with E-state index in [2.05, 4.69) is 31.3 Å². The molecule has 3 aromatic rings. The Hall–Kier alpha value is -2.47. The van der Waals surface area contributed by atoms with E-state index in [9.17, 15) is 4.79 Å². The molecule has 0 aliphatic heterocycles. The van der Waals surface area contributed by atoms with Crippen molar-refractivity contribution in [2.24, 2.45) is 0 Å². The van der Waals surface area contributed by atoms with Crippen molar-refractivity contribution < 1.29 is 4.79 Å². The number of benzene rings is 1. The summed E-state index contributed by atoms with van der Waals surface area (Å²) >= 11 is 3.54. The summed E-state index contributed by atoms with van der Waals surface area (Å²) in [5.74, 6) is 0.382. The molecule has 0 aliphatic rings. The van der Waals surface area contributed by atoms with E-state index in [1.165, 1.54) is 0 Å². The Bertz CT molecular complexity index is 933. The van der Waals surface area contributed by atoms with E-state index in [-0.39, 0.29) is 5.91 Å². The average molecular weight is 399 g/mol. The normalized spacial score (nSPS) is 10.7. The number of hydrogen-bond donors (Lipinski definition) is 1. The first-order valence-corrected chi connectivity index (χ1v) is 8.77. The molecule has 6 heteroatoms. The maximum absolute atomic E-state index is 12.5. The lowest BCUT2D eigenvalue weighted by atomic mass is 10.1. The molecule has 2 heterocycles. The van der Waals surface area contributed by atoms with Gasteiger partial charge in [0, 0.05) is 11.3 Å². The fraction of sp³-hybridized carbons (Fsp3) is 0.211. The molecule has 2 aromatic heterocycles. The van der Waals surface area contributed by atoms with Gasteiger partial charge in [-0.2, -0.15) is 5.10 Å². The predicted molar refractivity (Wildman–Crippen MR) is 102 cm³/mol. The van der Waals surface area contributed by atoms with Crippen molar-refractivity contribution in [3.63, 3.8) is 0 Å². The minimum atomic E-state index is -0.172. The standard InChI is InChI=1S/C19H19BrN4O/c1-12-6-4-9-17(21-12)22-19(25)16-8-5-7-15(10-16)11-24-14(3)18(20)13(2)23-24/h4-10H,11H2,1-3H3,(H,21,22,25). The van der Waals surface area contributed by atoms with Crippen LogP contribution in [0.1, 0.15) is 33.0 Å². The molecule has 3 rings (SSSR count). The SMILES string of the molecule is Cc1cccc(NC(=O)c2cccc(Cn3nc(C)c(Br)c3C)c2)n1. The van der Waals surface area contributed by atoms with Crippen LogP contribution in [0.15, 0.2) is 46.9 Å². The topological polar surface area (TPSA) is 59.8 Å². The van der Waals surface area contributed by atoms with Crippen LogP contribution in [0.2, 0.25) is 0 Å². The van der Waals surface area contributed by atoms with Gasteiger partial charge in [-0.3, -0.25) is 9.48 Å². The highest BCUT2D eigenvalue weighted by molar-refractivity contribution is 9.10. The summed E-state index contributed by atoms with van der Waals surface area (Å²) in [5.41, 5.74) is 4.50. The first-order valence-electron chi connectivity index (χ1n) is 7.97. The lowest BCUT2D eigenvalue weighted by Crippen LogP contribution is -2.14. The number of rotatable bonds is 4. The van der Waals surface area contributed by atoms with Crippen LogP contribution < -0.4 is 5.32 Å². The molecule has 25 heavy (non-hydrogen) atoms. The van der Waals surface area contributed by atoms with Crippen molar-refractivity contribution in [1.82, 2.24) is 14.8 Å². The summed E-state index contributed by atoms with van der Waals surface area (Å²) in [6, 6.07) is 13.1. The first kappa shape index (κ1) is 17.4. The highest BCUT2D eigenvalue weighted by Gasteiger charge is 2.11. The largest absolute Gasteiger partial charge is 0.307 e. The Morgan fingerprint density at radius 2 is 1.92 bits per heavy atom. The van der Waals surface area contributed by atoms with Crippen LogP contribution in [-0.2, 0) is 6.54 Å². The van der Waals surface area contributed by atoms with Crippen LogP contribution in [-0.4, -0.2) is 20.7 Å². The molecule has 0 spiro atoms. The van der Waals surface area contributed by atoms with Crippen molar-refractivity contribution in [3.05, 3.63) is 75.1 Å². The van der Waals surface area contributed by atoms with Crippen LogP contribution in [0, 0.1) is 20.8 Å². The third-order valence-corrected chi connectivity index (χ3v) is 5.09. The van der Waals surface area contributed by atoms with E-state index in [0.29, 0.717) is 17.9 Å². The molecule has 5 nitrogen and oxygen atoms in total. The monoisotopic (exact) mass is 398 g/mol. The number of anilines is 1. The second-order valence-corrected chi connectivity index (χ2v) is 6.75. The zero-order chi connectivity index (χ0) is 18.0. The Balaban J connectivity index is 1.79. The molecule has 0 bridgehead atoms. The zero-order valence-electron chi connectivity index (χ0n) is 14.4. The van der Waals surface area contributed by atoms with E-state index in [4.69, 9.17) is 0 Å². The smallest absolute Gasteiger partial charge is 0.256 e. The summed E-state index contributed by atoms with van der Waals surface area (Å²) in [6.07, 6.45) is 0. The minimum absolute atomic E-state index is 0.172. The number of halogens is 1. The minimum Gasteiger partial charge on any atom is -0.307 e. The van der Waals surface area contributed by atoms with E-state index in [1.54, 1.807) is 12.1 Å². The molecule has 0 atom stereocenters. The molecule has 1 aromatic carbocycles.